The molecule has 0 saturated carbocycles. The van der Waals surface area contributed by atoms with Gasteiger partial charge in [-0.2, -0.15) is 0 Å². The number of benzene rings is 1. The largest absolute Gasteiger partial charge is 0.395 e. The van der Waals surface area contributed by atoms with Crippen LogP contribution in [0.25, 0.3) is 10.9 Å². The predicted molar refractivity (Wildman–Crippen MR) is 64.5 cm³/mol. The molecule has 4 heteroatoms. The van der Waals surface area contributed by atoms with Gasteiger partial charge in [0.05, 0.1) is 12.1 Å². The maximum Gasteiger partial charge on any atom is 0.225 e. The van der Waals surface area contributed by atoms with Crippen molar-refractivity contribution in [3.63, 3.8) is 0 Å². The van der Waals surface area contributed by atoms with Crippen molar-refractivity contribution < 1.29 is 5.11 Å². The summed E-state index contributed by atoms with van der Waals surface area (Å²) in [5, 5.41) is 9.98. The Bertz CT molecular complexity index is 473. The lowest BCUT2D eigenvalue weighted by Crippen LogP contribution is -2.27. The fourth-order valence-corrected chi connectivity index (χ4v) is 1.64. The molecule has 0 unspecified atom stereocenters. The zero-order chi connectivity index (χ0) is 11.4. The Morgan fingerprint density at radius 2 is 2.12 bits per heavy atom. The highest BCUT2D eigenvalue weighted by molar-refractivity contribution is 5.78. The lowest BCUT2D eigenvalue weighted by Gasteiger charge is -2.19. The maximum absolute atomic E-state index is 8.95. The number of hydrogen-bond acceptors (Lipinski definition) is 4. The molecule has 0 aliphatic heterocycles. The van der Waals surface area contributed by atoms with E-state index in [0.717, 1.165) is 17.4 Å². The van der Waals surface area contributed by atoms with Crippen molar-refractivity contribution in [1.29, 1.82) is 0 Å². The van der Waals surface area contributed by atoms with E-state index in [1.807, 2.05) is 42.3 Å². The van der Waals surface area contributed by atoms with Gasteiger partial charge in [-0.05, 0) is 13.0 Å². The smallest absolute Gasteiger partial charge is 0.225 e. The van der Waals surface area contributed by atoms with Gasteiger partial charge in [-0.15, -0.1) is 0 Å². The molecule has 0 atom stereocenters. The maximum atomic E-state index is 8.95. The minimum Gasteiger partial charge on any atom is -0.395 e. The highest BCUT2D eigenvalue weighted by Gasteiger charge is 2.06. The molecule has 16 heavy (non-hydrogen) atoms. The van der Waals surface area contributed by atoms with E-state index in [9.17, 15) is 0 Å². The van der Waals surface area contributed by atoms with Crippen molar-refractivity contribution in [3.8, 4) is 0 Å². The van der Waals surface area contributed by atoms with Crippen LogP contribution in [-0.2, 0) is 0 Å². The molecule has 0 saturated heterocycles. The highest BCUT2D eigenvalue weighted by atomic mass is 16.3. The number of anilines is 1. The SMILES string of the molecule is CCN(CCO)c1ncc2ccccc2n1. The fourth-order valence-electron chi connectivity index (χ4n) is 1.64. The van der Waals surface area contributed by atoms with Gasteiger partial charge in [0.1, 0.15) is 0 Å². The quantitative estimate of drug-likeness (QED) is 0.842. The first-order chi connectivity index (χ1) is 7.85. The molecule has 0 radical (unpaired) electrons. The van der Waals surface area contributed by atoms with Crippen LogP contribution in [0.5, 0.6) is 0 Å². The van der Waals surface area contributed by atoms with Gasteiger partial charge in [-0.1, -0.05) is 18.2 Å². The van der Waals surface area contributed by atoms with Crippen LogP contribution in [0.3, 0.4) is 0 Å². The molecule has 2 rings (SSSR count). The second kappa shape index (κ2) is 4.90. The van der Waals surface area contributed by atoms with Crippen molar-refractivity contribution in [3.05, 3.63) is 30.5 Å². The van der Waals surface area contributed by atoms with Crippen molar-refractivity contribution in [1.82, 2.24) is 9.97 Å². The third-order valence-corrected chi connectivity index (χ3v) is 2.51. The van der Waals surface area contributed by atoms with E-state index in [2.05, 4.69) is 9.97 Å². The third-order valence-electron chi connectivity index (χ3n) is 2.51. The van der Waals surface area contributed by atoms with Gasteiger partial charge >= 0.3 is 0 Å². The number of aliphatic hydroxyl groups excluding tert-OH is 1. The lowest BCUT2D eigenvalue weighted by molar-refractivity contribution is 0.302. The topological polar surface area (TPSA) is 49.2 Å². The Kier molecular flexibility index (Phi) is 3.31. The van der Waals surface area contributed by atoms with Gasteiger partial charge in [0.25, 0.3) is 0 Å². The number of rotatable bonds is 4. The zero-order valence-electron chi connectivity index (χ0n) is 9.30. The van der Waals surface area contributed by atoms with E-state index < -0.39 is 0 Å². The monoisotopic (exact) mass is 217 g/mol. The molecule has 2 aromatic rings. The van der Waals surface area contributed by atoms with Crippen LogP contribution in [0.15, 0.2) is 30.5 Å². The predicted octanol–water partition coefficient (Wildman–Crippen LogP) is 1.45. The van der Waals surface area contributed by atoms with Gasteiger partial charge in [-0.25, -0.2) is 9.97 Å². The number of nitrogens with zero attached hydrogens (tertiary/aromatic N) is 3. The number of para-hydroxylation sites is 1. The van der Waals surface area contributed by atoms with Crippen molar-refractivity contribution in [2.24, 2.45) is 0 Å². The van der Waals surface area contributed by atoms with Gasteiger partial charge in [0, 0.05) is 24.7 Å². The Morgan fingerprint density at radius 3 is 2.88 bits per heavy atom. The van der Waals surface area contributed by atoms with E-state index in [1.165, 1.54) is 0 Å². The van der Waals surface area contributed by atoms with Crippen LogP contribution < -0.4 is 4.90 Å². The van der Waals surface area contributed by atoms with Gasteiger partial charge in [0.15, 0.2) is 0 Å². The summed E-state index contributed by atoms with van der Waals surface area (Å²) in [4.78, 5) is 10.7. The minimum absolute atomic E-state index is 0.115. The van der Waals surface area contributed by atoms with E-state index in [4.69, 9.17) is 5.11 Å². The molecule has 0 bridgehead atoms. The Labute approximate surface area is 94.6 Å². The standard InChI is InChI=1S/C12H15N3O/c1-2-15(7-8-16)12-13-9-10-5-3-4-6-11(10)14-12/h3-6,9,16H,2,7-8H2,1H3. The molecule has 1 N–H and O–H groups in total. The van der Waals surface area contributed by atoms with Gasteiger partial charge in [-0.3, -0.25) is 0 Å². The molecule has 4 nitrogen and oxygen atoms in total. The van der Waals surface area contributed by atoms with Crippen molar-refractivity contribution in [2.45, 2.75) is 6.92 Å². The Balaban J connectivity index is 2.37. The average Bonchev–Trinajstić information content (AvgIpc) is 2.35. The first-order valence-corrected chi connectivity index (χ1v) is 5.42. The second-order valence-corrected chi connectivity index (χ2v) is 3.53. The van der Waals surface area contributed by atoms with E-state index >= 15 is 0 Å². The number of aliphatic hydroxyl groups is 1. The minimum atomic E-state index is 0.115. The molecule has 0 aliphatic carbocycles. The molecule has 1 aromatic carbocycles. The molecule has 0 fully saturated rings. The van der Waals surface area contributed by atoms with Crippen LogP contribution in [0, 0.1) is 0 Å². The zero-order valence-corrected chi connectivity index (χ0v) is 9.30. The molecular weight excluding hydrogens is 202 g/mol. The van der Waals surface area contributed by atoms with E-state index in [1.54, 1.807) is 0 Å². The molecule has 0 spiro atoms. The molecule has 0 amide bonds. The Morgan fingerprint density at radius 1 is 1.31 bits per heavy atom. The van der Waals surface area contributed by atoms with Crippen LogP contribution >= 0.6 is 0 Å². The fraction of sp³-hybridized carbons (Fsp3) is 0.333. The van der Waals surface area contributed by atoms with Crippen LogP contribution in [-0.4, -0.2) is 34.8 Å². The molecule has 1 aromatic heterocycles. The number of aromatic nitrogens is 2. The summed E-state index contributed by atoms with van der Waals surface area (Å²) in [5.74, 6) is 0.676. The second-order valence-electron chi connectivity index (χ2n) is 3.53. The third kappa shape index (κ3) is 2.12. The lowest BCUT2D eigenvalue weighted by atomic mass is 10.2. The number of fused-ring (bicyclic) bond motifs is 1. The normalized spacial score (nSPS) is 10.6. The molecule has 0 aliphatic rings. The van der Waals surface area contributed by atoms with Crippen molar-refractivity contribution >= 4 is 16.9 Å². The summed E-state index contributed by atoms with van der Waals surface area (Å²) in [7, 11) is 0. The number of likely N-dealkylation sites (N-methyl/N-ethyl adjacent to an activating group) is 1. The summed E-state index contributed by atoms with van der Waals surface area (Å²) < 4.78 is 0. The summed E-state index contributed by atoms with van der Waals surface area (Å²) in [6.45, 7) is 3.49. The average molecular weight is 217 g/mol. The highest BCUT2D eigenvalue weighted by Crippen LogP contribution is 2.14. The summed E-state index contributed by atoms with van der Waals surface area (Å²) in [5.41, 5.74) is 0.934. The van der Waals surface area contributed by atoms with Gasteiger partial charge < -0.3 is 10.0 Å². The van der Waals surface area contributed by atoms with Crippen molar-refractivity contribution in [2.75, 3.05) is 24.6 Å². The van der Waals surface area contributed by atoms with E-state index in [-0.39, 0.29) is 6.61 Å². The Hall–Kier alpha value is -1.68. The summed E-state index contributed by atoms with van der Waals surface area (Å²) in [6, 6.07) is 7.88. The van der Waals surface area contributed by atoms with Gasteiger partial charge in [0.2, 0.25) is 5.95 Å². The molecule has 1 heterocycles. The number of hydrogen-bond donors (Lipinski definition) is 1. The summed E-state index contributed by atoms with van der Waals surface area (Å²) in [6.07, 6.45) is 1.82. The van der Waals surface area contributed by atoms with Crippen LogP contribution in [0.4, 0.5) is 5.95 Å². The van der Waals surface area contributed by atoms with Crippen LogP contribution in [0.2, 0.25) is 0 Å². The van der Waals surface area contributed by atoms with E-state index in [0.29, 0.717) is 12.5 Å². The first-order valence-electron chi connectivity index (χ1n) is 5.42. The van der Waals surface area contributed by atoms with Crippen LogP contribution in [0.1, 0.15) is 6.92 Å². The summed E-state index contributed by atoms with van der Waals surface area (Å²) >= 11 is 0. The molecule has 84 valence electrons. The first kappa shape index (κ1) is 10.8. The molecular formula is C12H15N3O.